The Morgan fingerprint density at radius 3 is 3.18 bits per heavy atom. The summed E-state index contributed by atoms with van der Waals surface area (Å²) in [7, 11) is 0. The van der Waals surface area contributed by atoms with Crippen LogP contribution in [0.15, 0.2) is 12.1 Å². The van der Waals surface area contributed by atoms with Gasteiger partial charge in [0.1, 0.15) is 6.26 Å². The summed E-state index contributed by atoms with van der Waals surface area (Å²) in [5.74, 6) is 0.300. The van der Waals surface area contributed by atoms with Gasteiger partial charge in [-0.2, -0.15) is 0 Å². The molecular formula is C6H7NO4. The number of nitrogens with zero attached hydrogens (tertiary/aromatic N) is 1. The highest BCUT2D eigenvalue weighted by Crippen LogP contribution is 2.30. The molecule has 1 N–H and O–H groups in total. The zero-order valence-electron chi connectivity index (χ0n) is 5.69. The van der Waals surface area contributed by atoms with Crippen LogP contribution in [0.3, 0.4) is 0 Å². The minimum Gasteiger partial charge on any atom is -0.472 e. The Balaban J connectivity index is 1.99. The molecule has 5 nitrogen and oxygen atoms in total. The van der Waals surface area contributed by atoms with Crippen LogP contribution in [0, 0.1) is 0 Å². The van der Waals surface area contributed by atoms with Crippen LogP contribution in [-0.4, -0.2) is 28.9 Å². The van der Waals surface area contributed by atoms with Crippen molar-refractivity contribution in [3.8, 4) is 0 Å². The lowest BCUT2D eigenvalue weighted by atomic mass is 10.2. The molecule has 1 fully saturated rings. The molecule has 0 aromatic carbocycles. The van der Waals surface area contributed by atoms with Crippen molar-refractivity contribution in [2.24, 2.45) is 0 Å². The first-order valence-electron chi connectivity index (χ1n) is 3.30. The highest BCUT2D eigenvalue weighted by molar-refractivity contribution is 5.58. The Hall–Kier alpha value is -1.39. The predicted octanol–water partition coefficient (Wildman–Crippen LogP) is 0.542. The number of carboxylic acid groups (broad SMARTS) is 1. The molecule has 1 atom stereocenters. The zero-order chi connectivity index (χ0) is 7.84. The van der Waals surface area contributed by atoms with E-state index in [9.17, 15) is 4.79 Å². The van der Waals surface area contributed by atoms with Crippen molar-refractivity contribution in [1.29, 1.82) is 0 Å². The zero-order valence-corrected chi connectivity index (χ0v) is 5.69. The maximum absolute atomic E-state index is 10.1. The van der Waals surface area contributed by atoms with Crippen molar-refractivity contribution in [3.05, 3.63) is 12.1 Å². The number of rotatable bonds is 1. The minimum atomic E-state index is -1.30. The van der Waals surface area contributed by atoms with Gasteiger partial charge in [-0.15, -0.1) is 0 Å². The fourth-order valence-corrected chi connectivity index (χ4v) is 1.13. The van der Waals surface area contributed by atoms with Gasteiger partial charge in [0, 0.05) is 13.0 Å². The quantitative estimate of drug-likeness (QED) is 0.563. The van der Waals surface area contributed by atoms with Crippen LogP contribution in [0.4, 0.5) is 4.79 Å². The van der Waals surface area contributed by atoms with E-state index in [1.54, 1.807) is 4.90 Å². The van der Waals surface area contributed by atoms with Crippen LogP contribution in [0.5, 0.6) is 0 Å². The normalized spacial score (nSPS) is 26.4. The lowest BCUT2D eigenvalue weighted by molar-refractivity contribution is -0.0446. The third-order valence-corrected chi connectivity index (χ3v) is 1.77. The number of fused-ring (bicyclic) bond motifs is 1. The van der Waals surface area contributed by atoms with Crippen LogP contribution in [0.2, 0.25) is 0 Å². The van der Waals surface area contributed by atoms with Gasteiger partial charge >= 0.3 is 6.16 Å². The Bertz CT molecular complexity index is 225. The molecule has 0 radical (unpaired) electrons. The van der Waals surface area contributed by atoms with Gasteiger partial charge in [0.2, 0.25) is 5.88 Å². The second-order valence-electron chi connectivity index (χ2n) is 2.40. The standard InChI is InChI=1S/C6H7NO4/c8-6(9)11-5-3-10-4-1-2-7(4)5/h3-4H,1-2H2,(H,8,9). The minimum absolute atomic E-state index is 0.0179. The average molecular weight is 157 g/mol. The molecule has 60 valence electrons. The van der Waals surface area contributed by atoms with Crippen molar-refractivity contribution >= 4 is 6.16 Å². The largest absolute Gasteiger partial charge is 0.512 e. The van der Waals surface area contributed by atoms with Crippen molar-refractivity contribution in [1.82, 2.24) is 4.90 Å². The van der Waals surface area contributed by atoms with Gasteiger partial charge in [-0.1, -0.05) is 0 Å². The van der Waals surface area contributed by atoms with Gasteiger partial charge in [-0.25, -0.2) is 4.79 Å². The summed E-state index contributed by atoms with van der Waals surface area (Å²) >= 11 is 0. The van der Waals surface area contributed by atoms with E-state index in [1.807, 2.05) is 0 Å². The van der Waals surface area contributed by atoms with Gasteiger partial charge in [0.25, 0.3) is 0 Å². The van der Waals surface area contributed by atoms with Gasteiger partial charge in [-0.05, 0) is 0 Å². The summed E-state index contributed by atoms with van der Waals surface area (Å²) in [5.41, 5.74) is 0. The first-order chi connectivity index (χ1) is 5.27. The molecule has 0 saturated carbocycles. The smallest absolute Gasteiger partial charge is 0.472 e. The number of hydrogen-bond donors (Lipinski definition) is 1. The first kappa shape index (κ1) is 6.33. The summed E-state index contributed by atoms with van der Waals surface area (Å²) < 4.78 is 9.46. The molecule has 0 amide bonds. The molecule has 0 bridgehead atoms. The van der Waals surface area contributed by atoms with Crippen LogP contribution >= 0.6 is 0 Å². The lowest BCUT2D eigenvalue weighted by Gasteiger charge is -2.34. The van der Waals surface area contributed by atoms with E-state index in [-0.39, 0.29) is 6.23 Å². The molecule has 1 saturated heterocycles. The monoisotopic (exact) mass is 157 g/mol. The van der Waals surface area contributed by atoms with Gasteiger partial charge in [0.15, 0.2) is 6.23 Å². The Morgan fingerprint density at radius 2 is 2.73 bits per heavy atom. The molecule has 2 rings (SSSR count). The third-order valence-electron chi connectivity index (χ3n) is 1.77. The van der Waals surface area contributed by atoms with E-state index >= 15 is 0 Å². The summed E-state index contributed by atoms with van der Waals surface area (Å²) in [4.78, 5) is 11.8. The van der Waals surface area contributed by atoms with Crippen LogP contribution in [0.25, 0.3) is 0 Å². The van der Waals surface area contributed by atoms with Crippen molar-refractivity contribution in [3.63, 3.8) is 0 Å². The lowest BCUT2D eigenvalue weighted by Crippen LogP contribution is -2.44. The van der Waals surface area contributed by atoms with E-state index in [1.165, 1.54) is 6.26 Å². The highest BCUT2D eigenvalue weighted by atomic mass is 16.7. The van der Waals surface area contributed by atoms with Gasteiger partial charge < -0.3 is 19.5 Å². The molecule has 2 heterocycles. The van der Waals surface area contributed by atoms with Crippen molar-refractivity contribution in [2.75, 3.05) is 6.54 Å². The molecule has 1 unspecified atom stereocenters. The highest BCUT2D eigenvalue weighted by Gasteiger charge is 2.37. The fourth-order valence-electron chi connectivity index (χ4n) is 1.13. The molecule has 0 aromatic rings. The Labute approximate surface area is 62.8 Å². The molecule has 0 aliphatic carbocycles. The van der Waals surface area contributed by atoms with Crippen molar-refractivity contribution in [2.45, 2.75) is 12.6 Å². The molecule has 2 aliphatic heterocycles. The summed E-state index contributed by atoms with van der Waals surface area (Å²) in [5, 5.41) is 8.26. The second kappa shape index (κ2) is 2.05. The van der Waals surface area contributed by atoms with Gasteiger partial charge in [-0.3, -0.25) is 0 Å². The summed E-state index contributed by atoms with van der Waals surface area (Å²) in [6.45, 7) is 0.809. The van der Waals surface area contributed by atoms with Gasteiger partial charge in [0.05, 0.1) is 0 Å². The van der Waals surface area contributed by atoms with Crippen LogP contribution in [0.1, 0.15) is 6.42 Å². The van der Waals surface area contributed by atoms with E-state index in [4.69, 9.17) is 9.84 Å². The SMILES string of the molecule is O=C(O)OC1=COC2CCN12. The summed E-state index contributed by atoms with van der Waals surface area (Å²) in [6.07, 6.45) is 0.992. The first-order valence-corrected chi connectivity index (χ1v) is 3.30. The predicted molar refractivity (Wildman–Crippen MR) is 33.4 cm³/mol. The molecule has 0 aromatic heterocycles. The fraction of sp³-hybridized carbons (Fsp3) is 0.500. The average Bonchev–Trinajstić information content (AvgIpc) is 2.05. The maximum Gasteiger partial charge on any atom is 0.512 e. The molecule has 11 heavy (non-hydrogen) atoms. The van der Waals surface area contributed by atoms with E-state index in [0.717, 1.165) is 13.0 Å². The van der Waals surface area contributed by atoms with Crippen LogP contribution in [-0.2, 0) is 9.47 Å². The van der Waals surface area contributed by atoms with Crippen molar-refractivity contribution < 1.29 is 19.4 Å². The second-order valence-corrected chi connectivity index (χ2v) is 2.40. The number of ether oxygens (including phenoxy) is 2. The Kier molecular flexibility index (Phi) is 1.18. The third kappa shape index (κ3) is 0.886. The Morgan fingerprint density at radius 1 is 1.91 bits per heavy atom. The number of hydrogen-bond acceptors (Lipinski definition) is 4. The van der Waals surface area contributed by atoms with E-state index in [2.05, 4.69) is 4.74 Å². The van der Waals surface area contributed by atoms with Crippen LogP contribution < -0.4 is 0 Å². The maximum atomic E-state index is 10.1. The molecule has 5 heteroatoms. The molecule has 0 spiro atoms. The molecule has 2 aliphatic rings. The summed E-state index contributed by atoms with van der Waals surface area (Å²) in [6, 6.07) is 0. The number of carbonyl (C=O) groups is 1. The molecular weight excluding hydrogens is 150 g/mol. The topological polar surface area (TPSA) is 59.0 Å². The van der Waals surface area contributed by atoms with E-state index in [0.29, 0.717) is 5.88 Å². The van der Waals surface area contributed by atoms with E-state index < -0.39 is 6.16 Å².